The summed E-state index contributed by atoms with van der Waals surface area (Å²) < 4.78 is 10.3. The van der Waals surface area contributed by atoms with E-state index >= 15 is 0 Å². The summed E-state index contributed by atoms with van der Waals surface area (Å²) in [6.45, 7) is 6.10. The van der Waals surface area contributed by atoms with Crippen molar-refractivity contribution in [3.8, 4) is 0 Å². The molecule has 0 amide bonds. The lowest BCUT2D eigenvalue weighted by molar-refractivity contribution is -0.140. The van der Waals surface area contributed by atoms with Crippen molar-refractivity contribution in [1.29, 1.82) is 0 Å². The zero-order valence-corrected chi connectivity index (χ0v) is 14.1. The van der Waals surface area contributed by atoms with Crippen LogP contribution < -0.4 is 0 Å². The molecule has 23 heavy (non-hydrogen) atoms. The lowest BCUT2D eigenvalue weighted by atomic mass is 9.84. The van der Waals surface area contributed by atoms with Crippen LogP contribution in [0.5, 0.6) is 0 Å². The molecule has 1 saturated heterocycles. The summed E-state index contributed by atoms with van der Waals surface area (Å²) >= 11 is 0. The minimum Gasteiger partial charge on any atom is -0.462 e. The molecule has 0 aliphatic carbocycles. The first kappa shape index (κ1) is 17.3. The molecule has 0 atom stereocenters. The quantitative estimate of drug-likeness (QED) is 0.458. The molecule has 4 heteroatoms. The number of ether oxygens (including phenoxy) is 2. The number of cyclic esters (lactones) is 1. The minimum absolute atomic E-state index is 0.308. The smallest absolute Gasteiger partial charge is 0.335 e. The van der Waals surface area contributed by atoms with Gasteiger partial charge in [0.05, 0.1) is 12.2 Å². The van der Waals surface area contributed by atoms with E-state index in [1.54, 1.807) is 6.92 Å². The van der Waals surface area contributed by atoms with Crippen LogP contribution in [0.25, 0.3) is 0 Å². The lowest BCUT2D eigenvalue weighted by Crippen LogP contribution is -2.19. The van der Waals surface area contributed by atoms with Crippen LogP contribution in [-0.4, -0.2) is 25.2 Å². The topological polar surface area (TPSA) is 52.6 Å². The minimum atomic E-state index is -0.437. The number of unbranched alkanes of at least 4 members (excludes halogenated alkanes) is 1. The normalized spacial score (nSPS) is 18.5. The predicted octanol–water partition coefficient (Wildman–Crippen LogP) is 3.45. The van der Waals surface area contributed by atoms with Crippen molar-refractivity contribution in [2.24, 2.45) is 5.41 Å². The van der Waals surface area contributed by atoms with E-state index in [1.807, 2.05) is 32.0 Å². The third kappa shape index (κ3) is 4.44. The Morgan fingerprint density at radius 1 is 1.22 bits per heavy atom. The van der Waals surface area contributed by atoms with Crippen molar-refractivity contribution in [3.05, 3.63) is 47.0 Å². The van der Waals surface area contributed by atoms with Gasteiger partial charge in [0, 0.05) is 11.0 Å². The molecule has 0 bridgehead atoms. The van der Waals surface area contributed by atoms with Gasteiger partial charge in [-0.2, -0.15) is 0 Å². The number of carbonyl (C=O) groups is 2. The monoisotopic (exact) mass is 316 g/mol. The second kappa shape index (κ2) is 7.44. The van der Waals surface area contributed by atoms with E-state index in [9.17, 15) is 9.59 Å². The van der Waals surface area contributed by atoms with Gasteiger partial charge in [-0.1, -0.05) is 44.2 Å². The molecule has 0 N–H and O–H groups in total. The van der Waals surface area contributed by atoms with Gasteiger partial charge in [0.1, 0.15) is 6.61 Å². The summed E-state index contributed by atoms with van der Waals surface area (Å²) in [6.07, 6.45) is 2.73. The molecule has 1 heterocycles. The predicted molar refractivity (Wildman–Crippen MR) is 87.8 cm³/mol. The molecule has 124 valence electrons. The molecule has 1 aliphatic heterocycles. The number of benzene rings is 1. The van der Waals surface area contributed by atoms with Gasteiger partial charge in [0.25, 0.3) is 0 Å². The Morgan fingerprint density at radius 3 is 2.52 bits per heavy atom. The maximum Gasteiger partial charge on any atom is 0.335 e. The van der Waals surface area contributed by atoms with Crippen molar-refractivity contribution < 1.29 is 19.1 Å². The van der Waals surface area contributed by atoms with Gasteiger partial charge in [-0.15, -0.1) is 0 Å². The van der Waals surface area contributed by atoms with Crippen molar-refractivity contribution >= 4 is 11.9 Å². The van der Waals surface area contributed by atoms with Crippen molar-refractivity contribution in [2.45, 2.75) is 40.0 Å². The standard InChI is InChI=1S/C19H24O4/c1-14(16-18(21)23-13-19(16,2)3)17(20)22-12-8-7-11-15-9-5-4-6-10-15/h4-6,9-10H,7-8,11-13H2,1-3H3/b16-14+. The molecular weight excluding hydrogens is 292 g/mol. The molecule has 1 aromatic carbocycles. The van der Waals surface area contributed by atoms with Gasteiger partial charge in [-0.25, -0.2) is 9.59 Å². The Kier molecular flexibility index (Phi) is 5.59. The number of carbonyl (C=O) groups excluding carboxylic acids is 2. The average molecular weight is 316 g/mol. The summed E-state index contributed by atoms with van der Waals surface area (Å²) in [7, 11) is 0. The van der Waals surface area contributed by atoms with E-state index in [0.717, 1.165) is 19.3 Å². The second-order valence-corrected chi connectivity index (χ2v) is 6.54. The van der Waals surface area contributed by atoms with Crippen LogP contribution in [0.1, 0.15) is 39.2 Å². The molecule has 0 radical (unpaired) electrons. The van der Waals surface area contributed by atoms with Crippen LogP contribution in [0.3, 0.4) is 0 Å². The molecule has 0 unspecified atom stereocenters. The molecule has 1 aromatic rings. The maximum absolute atomic E-state index is 12.1. The van der Waals surface area contributed by atoms with Gasteiger partial charge in [0.2, 0.25) is 0 Å². The van der Waals surface area contributed by atoms with Crippen LogP contribution in [0.2, 0.25) is 0 Å². The van der Waals surface area contributed by atoms with Crippen LogP contribution in [-0.2, 0) is 25.5 Å². The van der Waals surface area contributed by atoms with Gasteiger partial charge in [-0.05, 0) is 31.7 Å². The summed E-state index contributed by atoms with van der Waals surface area (Å²) in [4.78, 5) is 23.9. The number of hydrogen-bond donors (Lipinski definition) is 0. The molecule has 2 rings (SSSR count). The number of aryl methyl sites for hydroxylation is 1. The zero-order chi connectivity index (χ0) is 16.9. The fourth-order valence-electron chi connectivity index (χ4n) is 2.78. The van der Waals surface area contributed by atoms with Crippen molar-refractivity contribution in [3.63, 3.8) is 0 Å². The SMILES string of the molecule is C/C(C(=O)OCCCCc1ccccc1)=C1/C(=O)OCC1(C)C. The summed E-state index contributed by atoms with van der Waals surface area (Å²) in [5, 5.41) is 0. The van der Waals surface area contributed by atoms with Gasteiger partial charge < -0.3 is 9.47 Å². The second-order valence-electron chi connectivity index (χ2n) is 6.54. The highest BCUT2D eigenvalue weighted by Gasteiger charge is 2.40. The third-order valence-corrected chi connectivity index (χ3v) is 4.06. The largest absolute Gasteiger partial charge is 0.462 e. The van der Waals surface area contributed by atoms with Crippen LogP contribution in [0.15, 0.2) is 41.5 Å². The first-order valence-corrected chi connectivity index (χ1v) is 8.01. The highest BCUT2D eigenvalue weighted by atomic mass is 16.5. The maximum atomic E-state index is 12.1. The fraction of sp³-hybridized carbons (Fsp3) is 0.474. The van der Waals surface area contributed by atoms with Crippen molar-refractivity contribution in [2.75, 3.05) is 13.2 Å². The van der Waals surface area contributed by atoms with E-state index in [2.05, 4.69) is 12.1 Å². The van der Waals surface area contributed by atoms with Gasteiger partial charge in [0.15, 0.2) is 0 Å². The summed E-state index contributed by atoms with van der Waals surface area (Å²) in [5.41, 5.74) is 1.65. The van der Waals surface area contributed by atoms with Crippen LogP contribution in [0, 0.1) is 5.41 Å². The summed E-state index contributed by atoms with van der Waals surface area (Å²) in [6, 6.07) is 10.2. The molecule has 0 aromatic heterocycles. The number of esters is 2. The highest BCUT2D eigenvalue weighted by Crippen LogP contribution is 2.36. The molecule has 0 spiro atoms. The van der Waals surface area contributed by atoms with Crippen LogP contribution >= 0.6 is 0 Å². The Labute approximate surface area is 137 Å². The zero-order valence-electron chi connectivity index (χ0n) is 14.1. The van der Waals surface area contributed by atoms with E-state index in [-0.39, 0.29) is 0 Å². The fourth-order valence-corrected chi connectivity index (χ4v) is 2.78. The number of hydrogen-bond acceptors (Lipinski definition) is 4. The first-order valence-electron chi connectivity index (χ1n) is 8.01. The average Bonchev–Trinajstić information content (AvgIpc) is 2.80. The number of rotatable bonds is 6. The Hall–Kier alpha value is -2.10. The van der Waals surface area contributed by atoms with Crippen molar-refractivity contribution in [1.82, 2.24) is 0 Å². The molecule has 4 nitrogen and oxygen atoms in total. The summed E-state index contributed by atoms with van der Waals surface area (Å²) in [5.74, 6) is -0.833. The highest BCUT2D eigenvalue weighted by molar-refractivity contribution is 6.02. The Morgan fingerprint density at radius 2 is 1.91 bits per heavy atom. The molecule has 0 saturated carbocycles. The molecular formula is C19H24O4. The molecule has 1 fully saturated rings. The van der Waals surface area contributed by atoms with E-state index in [4.69, 9.17) is 9.47 Å². The van der Waals surface area contributed by atoms with Gasteiger partial charge in [-0.3, -0.25) is 0 Å². The van der Waals surface area contributed by atoms with Gasteiger partial charge >= 0.3 is 11.9 Å². The van der Waals surface area contributed by atoms with Crippen LogP contribution in [0.4, 0.5) is 0 Å². The van der Waals surface area contributed by atoms with E-state index in [0.29, 0.717) is 24.4 Å². The lowest BCUT2D eigenvalue weighted by Gasteiger charge is -2.16. The van der Waals surface area contributed by atoms with E-state index in [1.165, 1.54) is 5.56 Å². The Bertz CT molecular complexity index is 599. The first-order chi connectivity index (χ1) is 10.9. The molecule has 1 aliphatic rings. The Balaban J connectivity index is 1.80. The van der Waals surface area contributed by atoms with E-state index < -0.39 is 17.4 Å². The third-order valence-electron chi connectivity index (χ3n) is 4.06.